The van der Waals surface area contributed by atoms with E-state index in [1.54, 1.807) is 0 Å². The van der Waals surface area contributed by atoms with E-state index in [9.17, 15) is 17.6 Å². The number of benzene rings is 1. The van der Waals surface area contributed by atoms with Crippen LogP contribution in [0.5, 0.6) is 0 Å². The van der Waals surface area contributed by atoms with Crippen molar-refractivity contribution in [2.75, 3.05) is 0 Å². The molecular formula is C16H21F4N. The fourth-order valence-electron chi connectivity index (χ4n) is 3.01. The molecule has 0 bridgehead atoms. The average molecular weight is 303 g/mol. The normalized spacial score (nSPS) is 23.3. The van der Waals surface area contributed by atoms with Crippen LogP contribution in [0, 0.1) is 11.7 Å². The summed E-state index contributed by atoms with van der Waals surface area (Å²) in [5, 5.41) is 3.31. The lowest BCUT2D eigenvalue weighted by Crippen LogP contribution is -2.33. The molecule has 21 heavy (non-hydrogen) atoms. The summed E-state index contributed by atoms with van der Waals surface area (Å²) >= 11 is 0. The Morgan fingerprint density at radius 3 is 2.67 bits per heavy atom. The Morgan fingerprint density at radius 2 is 2.00 bits per heavy atom. The summed E-state index contributed by atoms with van der Waals surface area (Å²) in [6.07, 6.45) is 1.04. The molecule has 1 aliphatic carbocycles. The van der Waals surface area contributed by atoms with E-state index in [1.165, 1.54) is 12.5 Å². The molecule has 0 heterocycles. The molecule has 0 spiro atoms. The van der Waals surface area contributed by atoms with Crippen molar-refractivity contribution in [3.8, 4) is 0 Å². The fourth-order valence-corrected chi connectivity index (χ4v) is 3.01. The van der Waals surface area contributed by atoms with E-state index in [-0.39, 0.29) is 0 Å². The minimum absolute atomic E-state index is 0.350. The predicted octanol–water partition coefficient (Wildman–Crippen LogP) is 4.90. The number of nitrogens with one attached hydrogen (secondary N) is 1. The highest BCUT2D eigenvalue weighted by atomic mass is 19.4. The molecule has 1 N–H and O–H groups in total. The zero-order chi connectivity index (χ0) is 15.5. The van der Waals surface area contributed by atoms with Crippen LogP contribution in [0.1, 0.15) is 50.2 Å². The van der Waals surface area contributed by atoms with Gasteiger partial charge >= 0.3 is 6.18 Å². The minimum atomic E-state index is -4.64. The highest BCUT2D eigenvalue weighted by molar-refractivity contribution is 5.27. The first-order valence-electron chi connectivity index (χ1n) is 7.49. The first kappa shape index (κ1) is 16.3. The Morgan fingerprint density at radius 1 is 1.24 bits per heavy atom. The van der Waals surface area contributed by atoms with E-state index in [4.69, 9.17) is 0 Å². The zero-order valence-electron chi connectivity index (χ0n) is 12.1. The van der Waals surface area contributed by atoms with Crippen molar-refractivity contribution in [1.29, 1.82) is 0 Å². The van der Waals surface area contributed by atoms with Crippen LogP contribution in [-0.4, -0.2) is 6.04 Å². The van der Waals surface area contributed by atoms with Gasteiger partial charge in [-0.25, -0.2) is 4.39 Å². The molecule has 1 aliphatic rings. The quantitative estimate of drug-likeness (QED) is 0.780. The Labute approximate surface area is 122 Å². The molecule has 0 aromatic heterocycles. The number of alkyl halides is 3. The first-order valence-corrected chi connectivity index (χ1v) is 7.49. The van der Waals surface area contributed by atoms with Gasteiger partial charge in [0.15, 0.2) is 0 Å². The molecule has 0 aliphatic heterocycles. The van der Waals surface area contributed by atoms with Crippen molar-refractivity contribution >= 4 is 0 Å². The maximum absolute atomic E-state index is 13.2. The van der Waals surface area contributed by atoms with Gasteiger partial charge in [-0.3, -0.25) is 0 Å². The summed E-state index contributed by atoms with van der Waals surface area (Å²) in [5.41, 5.74) is -0.709. The van der Waals surface area contributed by atoms with Crippen molar-refractivity contribution < 1.29 is 17.6 Å². The van der Waals surface area contributed by atoms with Crippen LogP contribution >= 0.6 is 0 Å². The van der Waals surface area contributed by atoms with Crippen LogP contribution in [0.25, 0.3) is 0 Å². The monoisotopic (exact) mass is 303 g/mol. The summed E-state index contributed by atoms with van der Waals surface area (Å²) in [4.78, 5) is 0. The largest absolute Gasteiger partial charge is 0.419 e. The van der Waals surface area contributed by atoms with Gasteiger partial charge in [0.05, 0.1) is 5.56 Å². The molecule has 118 valence electrons. The summed E-state index contributed by atoms with van der Waals surface area (Å²) in [7, 11) is 0. The molecule has 2 atom stereocenters. The molecule has 2 unspecified atom stereocenters. The van der Waals surface area contributed by atoms with Gasteiger partial charge in [-0.15, -0.1) is 0 Å². The minimum Gasteiger partial charge on any atom is -0.310 e. The molecule has 1 aromatic rings. The Hall–Kier alpha value is -1.10. The van der Waals surface area contributed by atoms with E-state index in [0.29, 0.717) is 24.1 Å². The van der Waals surface area contributed by atoms with Gasteiger partial charge in [-0.2, -0.15) is 13.2 Å². The molecule has 0 radical (unpaired) electrons. The number of hydrogen-bond acceptors (Lipinski definition) is 1. The SMILES string of the molecule is CCC1CCCC(NCc2ccc(F)c(C(F)(F)F)c2)C1. The lowest BCUT2D eigenvalue weighted by Gasteiger charge is -2.29. The molecule has 1 aromatic carbocycles. The average Bonchev–Trinajstić information content (AvgIpc) is 2.45. The Balaban J connectivity index is 1.97. The highest BCUT2D eigenvalue weighted by Crippen LogP contribution is 2.32. The third-order valence-electron chi connectivity index (χ3n) is 4.29. The van der Waals surface area contributed by atoms with E-state index in [2.05, 4.69) is 12.2 Å². The summed E-state index contributed by atoms with van der Waals surface area (Å²) in [6, 6.07) is 3.57. The zero-order valence-corrected chi connectivity index (χ0v) is 12.1. The van der Waals surface area contributed by atoms with Gasteiger partial charge in [-0.1, -0.05) is 32.3 Å². The molecule has 1 nitrogen and oxygen atoms in total. The van der Waals surface area contributed by atoms with Gasteiger partial charge in [-0.05, 0) is 36.5 Å². The Kier molecular flexibility index (Phi) is 5.25. The second kappa shape index (κ2) is 6.77. The van der Waals surface area contributed by atoms with Crippen LogP contribution in [0.3, 0.4) is 0 Å². The van der Waals surface area contributed by atoms with Gasteiger partial charge in [0, 0.05) is 12.6 Å². The van der Waals surface area contributed by atoms with Crippen LogP contribution in [0.2, 0.25) is 0 Å². The van der Waals surface area contributed by atoms with Gasteiger partial charge in [0.1, 0.15) is 5.82 Å². The van der Waals surface area contributed by atoms with Gasteiger partial charge < -0.3 is 5.32 Å². The van der Waals surface area contributed by atoms with E-state index < -0.39 is 17.6 Å². The summed E-state index contributed by atoms with van der Waals surface area (Å²) in [5.74, 6) is -0.509. The fraction of sp³-hybridized carbons (Fsp3) is 0.625. The van der Waals surface area contributed by atoms with Crippen molar-refractivity contribution in [3.05, 3.63) is 35.1 Å². The van der Waals surface area contributed by atoms with Crippen LogP contribution in [-0.2, 0) is 12.7 Å². The maximum Gasteiger partial charge on any atom is 0.419 e. The third-order valence-corrected chi connectivity index (χ3v) is 4.29. The van der Waals surface area contributed by atoms with Crippen molar-refractivity contribution in [2.45, 2.75) is 57.8 Å². The molecule has 0 saturated heterocycles. The van der Waals surface area contributed by atoms with Crippen molar-refractivity contribution in [1.82, 2.24) is 5.32 Å². The topological polar surface area (TPSA) is 12.0 Å². The summed E-state index contributed by atoms with van der Waals surface area (Å²) in [6.45, 7) is 2.52. The van der Waals surface area contributed by atoms with E-state index in [0.717, 1.165) is 37.8 Å². The van der Waals surface area contributed by atoms with E-state index >= 15 is 0 Å². The van der Waals surface area contributed by atoms with Gasteiger partial charge in [0.25, 0.3) is 0 Å². The maximum atomic E-state index is 13.2. The van der Waals surface area contributed by atoms with Crippen LogP contribution in [0.4, 0.5) is 17.6 Å². The number of hydrogen-bond donors (Lipinski definition) is 1. The highest BCUT2D eigenvalue weighted by Gasteiger charge is 2.34. The molecular weight excluding hydrogens is 282 g/mol. The van der Waals surface area contributed by atoms with Crippen LogP contribution in [0.15, 0.2) is 18.2 Å². The van der Waals surface area contributed by atoms with Crippen LogP contribution < -0.4 is 5.32 Å². The van der Waals surface area contributed by atoms with Crippen molar-refractivity contribution in [2.24, 2.45) is 5.92 Å². The number of rotatable bonds is 4. The lowest BCUT2D eigenvalue weighted by atomic mass is 9.84. The molecule has 5 heteroatoms. The third kappa shape index (κ3) is 4.43. The Bertz CT molecular complexity index is 470. The molecule has 1 fully saturated rings. The second-order valence-electron chi connectivity index (χ2n) is 5.83. The number of halogens is 4. The first-order chi connectivity index (χ1) is 9.90. The predicted molar refractivity (Wildman–Crippen MR) is 74.3 cm³/mol. The van der Waals surface area contributed by atoms with E-state index in [1.807, 2.05) is 0 Å². The smallest absolute Gasteiger partial charge is 0.310 e. The summed E-state index contributed by atoms with van der Waals surface area (Å²) < 4.78 is 51.2. The second-order valence-corrected chi connectivity index (χ2v) is 5.83. The lowest BCUT2D eigenvalue weighted by molar-refractivity contribution is -0.140. The van der Waals surface area contributed by atoms with Crippen molar-refractivity contribution in [3.63, 3.8) is 0 Å². The standard InChI is InChI=1S/C16H21F4N/c1-2-11-4-3-5-13(8-11)21-10-12-6-7-15(17)14(9-12)16(18,19)20/h6-7,9,11,13,21H,2-5,8,10H2,1H3. The molecule has 1 saturated carbocycles. The molecule has 2 rings (SSSR count). The van der Waals surface area contributed by atoms with Gasteiger partial charge in [0.2, 0.25) is 0 Å². The molecule has 0 amide bonds.